The van der Waals surface area contributed by atoms with Crippen LogP contribution in [0.1, 0.15) is 86.4 Å². The topological polar surface area (TPSA) is 317 Å². The molecule has 32 heteroatoms. The fourth-order valence-electron chi connectivity index (χ4n) is 10.5. The second-order valence-corrected chi connectivity index (χ2v) is 29.5. The molecule has 2 unspecified atom stereocenters. The number of aromatic amines is 3. The molecule has 6 aromatic heterocycles. The molecule has 3 aliphatic carbocycles. The first-order chi connectivity index (χ1) is 47.3. The van der Waals surface area contributed by atoms with Gasteiger partial charge in [0.2, 0.25) is 17.7 Å². The minimum Gasteiger partial charge on any atom is -0.386 e. The Morgan fingerprint density at radius 1 is 0.495 bits per heavy atom. The van der Waals surface area contributed by atoms with E-state index in [1.165, 1.54) is 41.7 Å². The number of hydrogen-bond acceptors (Lipinski definition) is 22. The number of β-amino-alcohol motifs (C(OH)–C–C–N with tert-alkyl or cyclic N) is 1. The fourth-order valence-corrected chi connectivity index (χ4v) is 12.8. The Kier molecular flexibility index (Phi) is 19.2. The van der Waals surface area contributed by atoms with Gasteiger partial charge in [0.25, 0.3) is 11.8 Å². The summed E-state index contributed by atoms with van der Waals surface area (Å²) in [5.74, 6) is -2.77. The lowest BCUT2D eigenvalue weighted by Crippen LogP contribution is -2.63. The van der Waals surface area contributed by atoms with Gasteiger partial charge >= 0.3 is 0 Å². The summed E-state index contributed by atoms with van der Waals surface area (Å²) in [7, 11) is 0. The molecular formula is C67H87F4N21O4S3. The summed E-state index contributed by atoms with van der Waals surface area (Å²) in [6.45, 7) is 16.5. The van der Waals surface area contributed by atoms with Gasteiger partial charge in [-0.1, -0.05) is 20.8 Å². The summed E-state index contributed by atoms with van der Waals surface area (Å²) in [6, 6.07) is 33.0. The standard InChI is InChI=1S/C24H25F2N7O2S.C22H27N7OS.C21H21F2N7OS.7H2/c1-13-8-19(32-31-13)28-18-9-20(33-11-23(35,12-33)14-2-3-14)30-22(29-18)36-16-6-4-15(5-7-16)27-21(34)17-10-24(17,25)26;1-14-12-18(28-27-14)24-17-13-19(29-10-5-11-29)26-21(25-17)31-16-8-6-15(7-9-16)23-20(30)22(2,3)4;1-12-9-17(29-28-12)25-16-10-18(30-7-2-8-30)27-20(26-16)32-14-5-3-13(4-6-14)24-19(31)15-11-21(15,22)23;;;;;;;/h4-9,14,17,35H,2-3,10-12H2,1H3,(H,27,34)(H2,28,29,30,31,32);6-9,12-13H,5,10-11H2,1-4H3,(H,23,30)(H2,24,25,26,27,28);3-6,9-10,15H,2,7-8,11H2,1H3,(H,24,31)(H2,25,26,27,28,29);7*1H. The van der Waals surface area contributed by atoms with Crippen LogP contribution in [-0.4, -0.2) is 140 Å². The molecule has 6 fully saturated rings. The molecule has 3 aliphatic heterocycles. The van der Waals surface area contributed by atoms with Crippen LogP contribution in [-0.2, 0) is 14.4 Å². The van der Waals surface area contributed by atoms with Gasteiger partial charge in [-0.15, -0.1) is 0 Å². The molecule has 6 aliphatic rings. The Labute approximate surface area is 590 Å². The average molecular weight is 1420 g/mol. The maximum Gasteiger partial charge on any atom is 0.260 e. The minimum absolute atomic E-state index is 0. The number of benzene rings is 3. The van der Waals surface area contributed by atoms with Gasteiger partial charge in [0, 0.05) is 140 Å². The van der Waals surface area contributed by atoms with E-state index in [0.717, 1.165) is 100 Å². The number of amides is 3. The van der Waals surface area contributed by atoms with E-state index in [9.17, 15) is 37.1 Å². The van der Waals surface area contributed by atoms with Crippen LogP contribution in [0.3, 0.4) is 0 Å². The van der Waals surface area contributed by atoms with Gasteiger partial charge < -0.3 is 51.7 Å². The minimum atomic E-state index is -2.90. The van der Waals surface area contributed by atoms with E-state index in [2.05, 4.69) is 92.2 Å². The van der Waals surface area contributed by atoms with Crippen LogP contribution in [0.15, 0.2) is 139 Å². The normalized spacial score (nSPS) is 18.2. The molecule has 25 nitrogen and oxygen atoms in total. The lowest BCUT2D eigenvalue weighted by atomic mass is 9.89. The lowest BCUT2D eigenvalue weighted by molar-refractivity contribution is -0.123. The monoisotopic (exact) mass is 1420 g/mol. The van der Waals surface area contributed by atoms with E-state index in [-0.39, 0.29) is 22.3 Å². The number of aryl methyl sites for hydroxylation is 3. The predicted octanol–water partition coefficient (Wildman–Crippen LogP) is 14.5. The van der Waals surface area contributed by atoms with E-state index in [4.69, 9.17) is 9.97 Å². The number of halogens is 4. The van der Waals surface area contributed by atoms with E-state index in [0.29, 0.717) is 80.8 Å². The van der Waals surface area contributed by atoms with Gasteiger partial charge in [-0.25, -0.2) is 47.5 Å². The molecule has 9 heterocycles. The van der Waals surface area contributed by atoms with Crippen molar-refractivity contribution in [1.29, 1.82) is 0 Å². The van der Waals surface area contributed by atoms with Gasteiger partial charge in [0.1, 0.15) is 52.3 Å². The predicted molar refractivity (Wildman–Crippen MR) is 387 cm³/mol. The number of nitrogens with zero attached hydrogens (tertiary/aromatic N) is 12. The lowest BCUT2D eigenvalue weighted by Gasteiger charge is -2.47. The number of aromatic nitrogens is 12. The van der Waals surface area contributed by atoms with Crippen molar-refractivity contribution in [3.63, 3.8) is 0 Å². The summed E-state index contributed by atoms with van der Waals surface area (Å²) in [5.41, 5.74) is 3.47. The Hall–Kier alpha value is -9.53. The third-order valence-electron chi connectivity index (χ3n) is 16.9. The maximum absolute atomic E-state index is 13.1. The summed E-state index contributed by atoms with van der Waals surface area (Å²) in [6.07, 6.45) is 3.67. The van der Waals surface area contributed by atoms with E-state index < -0.39 is 52.9 Å². The molecule has 99 heavy (non-hydrogen) atoms. The fraction of sp³-hybridized carbons (Fsp3) is 0.373. The molecule has 15 rings (SSSR count). The summed E-state index contributed by atoms with van der Waals surface area (Å²) in [5, 5.41) is 51.5. The van der Waals surface area contributed by atoms with Crippen molar-refractivity contribution in [1.82, 2.24) is 60.5 Å². The van der Waals surface area contributed by atoms with Crippen molar-refractivity contribution in [2.75, 3.05) is 85.9 Å². The highest BCUT2D eigenvalue weighted by Crippen LogP contribution is 2.50. The third-order valence-corrected chi connectivity index (χ3v) is 19.5. The number of carbonyl (C=O) groups excluding carboxylic acids is 3. The van der Waals surface area contributed by atoms with Crippen molar-refractivity contribution >= 4 is 122 Å². The van der Waals surface area contributed by atoms with Crippen LogP contribution in [0.2, 0.25) is 0 Å². The Morgan fingerprint density at radius 3 is 1.09 bits per heavy atom. The van der Waals surface area contributed by atoms with Crippen molar-refractivity contribution in [3.8, 4) is 0 Å². The first kappa shape index (κ1) is 68.0. The second-order valence-electron chi connectivity index (χ2n) is 26.4. The van der Waals surface area contributed by atoms with Gasteiger partial charge in [-0.3, -0.25) is 29.7 Å². The van der Waals surface area contributed by atoms with Crippen LogP contribution >= 0.6 is 35.3 Å². The van der Waals surface area contributed by atoms with Gasteiger partial charge in [-0.2, -0.15) is 15.3 Å². The molecule has 9 aromatic rings. The number of anilines is 12. The zero-order chi connectivity index (χ0) is 69.4. The Morgan fingerprint density at radius 2 is 0.818 bits per heavy atom. The zero-order valence-electron chi connectivity index (χ0n) is 54.9. The highest BCUT2D eigenvalue weighted by Gasteiger charge is 2.62. The van der Waals surface area contributed by atoms with E-state index >= 15 is 0 Å². The number of H-pyrrole nitrogens is 3. The first-order valence-electron chi connectivity index (χ1n) is 32.3. The molecule has 0 radical (unpaired) electrons. The van der Waals surface area contributed by atoms with Gasteiger partial charge in [0.15, 0.2) is 32.9 Å². The molecular weight excluding hydrogens is 1340 g/mol. The largest absolute Gasteiger partial charge is 0.386 e. The number of carbonyl (C=O) groups is 3. The van der Waals surface area contributed by atoms with Crippen LogP contribution in [0.5, 0.6) is 0 Å². The smallest absolute Gasteiger partial charge is 0.260 e. The van der Waals surface area contributed by atoms with E-state index in [1.54, 1.807) is 48.5 Å². The van der Waals surface area contributed by atoms with Crippen molar-refractivity contribution in [3.05, 3.63) is 126 Å². The SMILES string of the molecule is Cc1cc(Nc2cc(N3CC(O)(C4CC4)C3)nc(Sc3ccc(NC(=O)C4CC4(F)F)cc3)n2)n[nH]1.Cc1cc(Nc2cc(N3CCC3)nc(Sc3ccc(NC(=O)C(C)(C)C)cc3)n2)n[nH]1.Cc1cc(Nc2cc(N3CCC3)nc(Sc3ccc(NC(=O)C4CC4(F)F)cc3)n2)n[nH]1.[HH].[HH].[HH].[HH].[HH].[HH].[HH]. The number of aliphatic hydroxyl groups is 1. The molecule has 10 N–H and O–H groups in total. The van der Waals surface area contributed by atoms with Crippen molar-refractivity contribution in [2.24, 2.45) is 23.2 Å². The average Bonchev–Trinajstić information content (AvgIpc) is 1.55. The molecule has 2 atom stereocenters. The Bertz CT molecular complexity index is 4440. The molecule has 530 valence electrons. The zero-order valence-corrected chi connectivity index (χ0v) is 57.3. The highest BCUT2D eigenvalue weighted by molar-refractivity contribution is 7.99. The molecule has 3 saturated heterocycles. The van der Waals surface area contributed by atoms with Gasteiger partial charge in [-0.05, 0) is 160 Å². The summed E-state index contributed by atoms with van der Waals surface area (Å²) < 4.78 is 52.4. The van der Waals surface area contributed by atoms with Crippen LogP contribution in [0.4, 0.5) is 87.0 Å². The number of rotatable bonds is 21. The van der Waals surface area contributed by atoms with E-state index in [1.807, 2.05) is 107 Å². The highest BCUT2D eigenvalue weighted by atomic mass is 32.2. The quantitative estimate of drug-likeness (QED) is 0.0236. The Balaban J connectivity index is 0.000000242. The third kappa shape index (κ3) is 17.5. The number of nitrogens with one attached hydrogen (secondary N) is 9. The van der Waals surface area contributed by atoms with Crippen LogP contribution in [0, 0.1) is 43.9 Å². The first-order valence-corrected chi connectivity index (χ1v) is 34.8. The molecule has 0 spiro atoms. The molecule has 3 saturated carbocycles. The van der Waals surface area contributed by atoms with Crippen LogP contribution < -0.4 is 46.6 Å². The summed E-state index contributed by atoms with van der Waals surface area (Å²) >= 11 is 4.20. The number of hydrogen-bond donors (Lipinski definition) is 10. The number of alkyl halides is 4. The molecule has 3 aromatic carbocycles. The van der Waals surface area contributed by atoms with Crippen molar-refractivity contribution < 1.29 is 47.0 Å². The van der Waals surface area contributed by atoms with Gasteiger partial charge in [0.05, 0.1) is 13.1 Å². The molecule has 0 bridgehead atoms. The van der Waals surface area contributed by atoms with Crippen molar-refractivity contribution in [2.45, 2.75) is 128 Å². The van der Waals surface area contributed by atoms with Crippen LogP contribution in [0.25, 0.3) is 0 Å². The maximum atomic E-state index is 13.1. The second kappa shape index (κ2) is 28.0. The molecule has 3 amide bonds. The summed E-state index contributed by atoms with van der Waals surface area (Å²) in [4.78, 5) is 73.1.